The van der Waals surface area contributed by atoms with Crippen LogP contribution in [0.3, 0.4) is 0 Å². The Morgan fingerprint density at radius 2 is 1.79 bits per heavy atom. The summed E-state index contributed by atoms with van der Waals surface area (Å²) in [7, 11) is 1.35. The topological polar surface area (TPSA) is 105 Å². The zero-order valence-electron chi connectivity index (χ0n) is 20.7. The van der Waals surface area contributed by atoms with Crippen LogP contribution in [0.4, 0.5) is 23.2 Å². The summed E-state index contributed by atoms with van der Waals surface area (Å²) in [6.45, 7) is 0. The van der Waals surface area contributed by atoms with Crippen LogP contribution in [0.15, 0.2) is 53.5 Å². The number of carbonyl (C=O) groups is 3. The molecular formula is C27H28F4N4O3. The average molecular weight is 533 g/mol. The lowest BCUT2D eigenvalue weighted by molar-refractivity contribution is -0.146. The first-order valence-corrected chi connectivity index (χ1v) is 12.3. The summed E-state index contributed by atoms with van der Waals surface area (Å²) >= 11 is 0. The molecule has 1 fully saturated rings. The van der Waals surface area contributed by atoms with Gasteiger partial charge in [0.05, 0.1) is 11.4 Å². The lowest BCUT2D eigenvalue weighted by atomic mass is 9.83. The van der Waals surface area contributed by atoms with Crippen LogP contribution in [0.25, 0.3) is 0 Å². The van der Waals surface area contributed by atoms with E-state index in [1.54, 1.807) is 36.4 Å². The summed E-state index contributed by atoms with van der Waals surface area (Å²) in [5.41, 5.74) is 6.58. The van der Waals surface area contributed by atoms with Gasteiger partial charge in [0.1, 0.15) is 5.82 Å². The van der Waals surface area contributed by atoms with Crippen LogP contribution in [-0.4, -0.2) is 42.8 Å². The van der Waals surface area contributed by atoms with Crippen molar-refractivity contribution in [2.45, 2.75) is 44.4 Å². The molecule has 202 valence electrons. The molecule has 1 heterocycles. The number of halogens is 4. The van der Waals surface area contributed by atoms with Gasteiger partial charge in [-0.3, -0.25) is 14.4 Å². The molecular weight excluding hydrogens is 504 g/mol. The van der Waals surface area contributed by atoms with Crippen molar-refractivity contribution in [3.05, 3.63) is 65.5 Å². The first-order valence-electron chi connectivity index (χ1n) is 12.3. The van der Waals surface area contributed by atoms with Crippen molar-refractivity contribution < 1.29 is 31.9 Å². The van der Waals surface area contributed by atoms with Crippen molar-refractivity contribution in [3.8, 4) is 0 Å². The van der Waals surface area contributed by atoms with E-state index in [9.17, 15) is 31.9 Å². The van der Waals surface area contributed by atoms with Crippen molar-refractivity contribution in [2.75, 3.05) is 11.9 Å². The van der Waals surface area contributed by atoms with E-state index in [1.165, 1.54) is 19.2 Å². The molecule has 3 amide bonds. The first-order chi connectivity index (χ1) is 18.0. The quantitative estimate of drug-likeness (QED) is 0.478. The summed E-state index contributed by atoms with van der Waals surface area (Å²) < 4.78 is 53.8. The van der Waals surface area contributed by atoms with Crippen LogP contribution in [0.5, 0.6) is 0 Å². The molecule has 2 aromatic rings. The Morgan fingerprint density at radius 1 is 1.11 bits per heavy atom. The molecule has 38 heavy (non-hydrogen) atoms. The number of hydrogen-bond donors (Lipinski definition) is 2. The smallest absolute Gasteiger partial charge is 0.369 e. The van der Waals surface area contributed by atoms with E-state index in [4.69, 9.17) is 5.73 Å². The second kappa shape index (κ2) is 10.9. The number of primary amides is 1. The third kappa shape index (κ3) is 6.20. The van der Waals surface area contributed by atoms with Gasteiger partial charge in [0.15, 0.2) is 0 Å². The zero-order valence-corrected chi connectivity index (χ0v) is 20.7. The standard InChI is InChI=1S/C27H28F4N4O3/c1-35-22-18(8-5-9-20(22)28)21(16-6-3-2-4-7-16)33-24(26(35)38)34-25(37)19(14-15-10-11-15)17(23(32)36)12-13-27(29,30)31/h2-9,15,17,19,24H,10-14H2,1H3,(H2,32,36)(H,34,37)/t17-,19+,24-/m1/s1. The number of amides is 3. The van der Waals surface area contributed by atoms with Crippen LogP contribution >= 0.6 is 0 Å². The highest BCUT2D eigenvalue weighted by atomic mass is 19.4. The number of para-hydroxylation sites is 1. The highest BCUT2D eigenvalue weighted by Crippen LogP contribution is 2.39. The number of fused-ring (bicyclic) bond motifs is 1. The maximum absolute atomic E-state index is 14.9. The van der Waals surface area contributed by atoms with E-state index < -0.39 is 60.6 Å². The maximum Gasteiger partial charge on any atom is 0.389 e. The SMILES string of the molecule is CN1C(=O)[C@@H](NC(=O)[C@@H](CC2CC2)[C@@H](CCC(F)(F)F)C(N)=O)N=C(c2ccccc2)c2cccc(F)c21. The summed E-state index contributed by atoms with van der Waals surface area (Å²) in [6.07, 6.45) is -6.22. The Balaban J connectivity index is 1.70. The van der Waals surface area contributed by atoms with E-state index in [-0.39, 0.29) is 23.7 Å². The number of aliphatic imine (C=N–C) groups is 1. The van der Waals surface area contributed by atoms with Crippen LogP contribution in [0.2, 0.25) is 0 Å². The normalized spacial score (nSPS) is 19.2. The number of likely N-dealkylation sites (N-methyl/N-ethyl adjacent to an activating group) is 1. The molecule has 2 aliphatic rings. The number of nitrogens with zero attached hydrogens (tertiary/aromatic N) is 2. The number of rotatable bonds is 9. The Morgan fingerprint density at radius 3 is 2.39 bits per heavy atom. The van der Waals surface area contributed by atoms with Crippen LogP contribution < -0.4 is 16.0 Å². The first kappa shape index (κ1) is 27.3. The van der Waals surface area contributed by atoms with Crippen LogP contribution in [-0.2, 0) is 14.4 Å². The number of carbonyl (C=O) groups excluding carboxylic acids is 3. The molecule has 3 atom stereocenters. The fourth-order valence-electron chi connectivity index (χ4n) is 4.78. The number of nitrogens with one attached hydrogen (secondary N) is 1. The van der Waals surface area contributed by atoms with Crippen molar-refractivity contribution in [3.63, 3.8) is 0 Å². The van der Waals surface area contributed by atoms with Gasteiger partial charge < -0.3 is 16.0 Å². The van der Waals surface area contributed by atoms with Gasteiger partial charge in [0.25, 0.3) is 5.91 Å². The van der Waals surface area contributed by atoms with Gasteiger partial charge in [-0.15, -0.1) is 0 Å². The number of benzene rings is 2. The lowest BCUT2D eigenvalue weighted by Crippen LogP contribution is -2.50. The minimum absolute atomic E-state index is 0.0217. The molecule has 0 bridgehead atoms. The summed E-state index contributed by atoms with van der Waals surface area (Å²) in [4.78, 5) is 44.6. The van der Waals surface area contributed by atoms with Crippen molar-refractivity contribution in [1.82, 2.24) is 5.32 Å². The van der Waals surface area contributed by atoms with E-state index >= 15 is 0 Å². The van der Waals surface area contributed by atoms with Crippen molar-refractivity contribution >= 4 is 29.1 Å². The third-order valence-corrected chi connectivity index (χ3v) is 6.94. The molecule has 11 heteroatoms. The minimum atomic E-state index is -4.53. The average Bonchev–Trinajstić information content (AvgIpc) is 3.69. The van der Waals surface area contributed by atoms with Gasteiger partial charge in [-0.05, 0) is 24.8 Å². The molecule has 0 spiro atoms. The van der Waals surface area contributed by atoms with E-state index in [0.717, 1.165) is 17.7 Å². The highest BCUT2D eigenvalue weighted by Gasteiger charge is 2.41. The van der Waals surface area contributed by atoms with Gasteiger partial charge in [-0.2, -0.15) is 13.2 Å². The molecule has 4 rings (SSSR count). The van der Waals surface area contributed by atoms with Crippen molar-refractivity contribution in [2.24, 2.45) is 28.5 Å². The maximum atomic E-state index is 14.9. The van der Waals surface area contributed by atoms with E-state index in [2.05, 4.69) is 10.3 Å². The van der Waals surface area contributed by atoms with E-state index in [1.807, 2.05) is 0 Å². The summed E-state index contributed by atoms with van der Waals surface area (Å²) in [5, 5.41) is 2.53. The van der Waals surface area contributed by atoms with Gasteiger partial charge in [0, 0.05) is 36.4 Å². The second-order valence-electron chi connectivity index (χ2n) is 9.74. The minimum Gasteiger partial charge on any atom is -0.369 e. The predicted octanol–water partition coefficient (Wildman–Crippen LogP) is 3.94. The highest BCUT2D eigenvalue weighted by molar-refractivity contribution is 6.20. The Kier molecular flexibility index (Phi) is 7.84. The molecule has 3 N–H and O–H groups in total. The fourth-order valence-corrected chi connectivity index (χ4v) is 4.78. The Bertz CT molecular complexity index is 1240. The number of nitrogens with two attached hydrogens (primary N) is 1. The number of benzodiazepines with no additional fused rings is 1. The molecule has 0 unspecified atom stereocenters. The zero-order chi connectivity index (χ0) is 27.6. The molecule has 0 aromatic heterocycles. The number of alkyl halides is 3. The van der Waals surface area contributed by atoms with Crippen LogP contribution in [0, 0.1) is 23.6 Å². The molecule has 1 aliphatic carbocycles. The Labute approximate surface area is 217 Å². The van der Waals surface area contributed by atoms with Crippen LogP contribution in [0.1, 0.15) is 43.2 Å². The van der Waals surface area contributed by atoms with Gasteiger partial charge in [-0.1, -0.05) is 55.3 Å². The second-order valence-corrected chi connectivity index (χ2v) is 9.74. The molecule has 0 radical (unpaired) electrons. The molecule has 7 nitrogen and oxygen atoms in total. The summed E-state index contributed by atoms with van der Waals surface area (Å²) in [5.74, 6) is -5.68. The van der Waals surface area contributed by atoms with Gasteiger partial charge in [0.2, 0.25) is 18.0 Å². The van der Waals surface area contributed by atoms with Gasteiger partial charge >= 0.3 is 6.18 Å². The lowest BCUT2D eigenvalue weighted by Gasteiger charge is -2.27. The monoisotopic (exact) mass is 532 g/mol. The predicted molar refractivity (Wildman–Crippen MR) is 133 cm³/mol. The molecule has 0 saturated heterocycles. The third-order valence-electron chi connectivity index (χ3n) is 6.94. The molecule has 1 saturated carbocycles. The Hall–Kier alpha value is -3.76. The molecule has 1 aliphatic heterocycles. The fraction of sp³-hybridized carbons (Fsp3) is 0.407. The van der Waals surface area contributed by atoms with Gasteiger partial charge in [-0.25, -0.2) is 9.38 Å². The van der Waals surface area contributed by atoms with E-state index in [0.29, 0.717) is 11.1 Å². The number of hydrogen-bond acceptors (Lipinski definition) is 4. The summed E-state index contributed by atoms with van der Waals surface area (Å²) in [6, 6.07) is 13.0. The number of anilines is 1. The largest absolute Gasteiger partial charge is 0.389 e. The molecule has 2 aromatic carbocycles. The van der Waals surface area contributed by atoms with Crippen molar-refractivity contribution in [1.29, 1.82) is 0 Å².